The molecule has 0 amide bonds. The monoisotopic (exact) mass is 886 g/mol. The van der Waals surface area contributed by atoms with Crippen molar-refractivity contribution in [3.8, 4) is 0 Å². The number of nitrogens with zero attached hydrogens (tertiary/aromatic N) is 5. The minimum absolute atomic E-state index is 0.130. The van der Waals surface area contributed by atoms with Gasteiger partial charge in [-0.05, 0) is 147 Å². The van der Waals surface area contributed by atoms with Crippen molar-refractivity contribution in [1.82, 2.24) is 24.5 Å². The SMILES string of the molecule is CC(C)(C)C1=CCC(N2C3=C(CCC=C3)N(C3C=C(N4C5=C(CCC=C5)N(C5=CCC(C(C)(C)C)C=C5)C5=C4CCC=C5)C=C(N4C5=CCCC=C5C5C=CC=CC54)C3)C3=C2CCC=C3)C=C1. The average Bonchev–Trinajstić information content (AvgIpc) is 3.68. The standard InChI is InChI=1S/C62H71N5/c1-61(2,3)42-31-35-44(36-32-42)63-53-23-11-15-27-57(53)66(58-28-16-12-24-54(58)63)47-39-46(65-51-21-9-7-19-49(51)50-20-8-10-22-52(50)65)40-48(41-47)67-59-29-17-13-25-55(59)64(56-26-14-18-30-60(56)67)45-37-33-43(34-38-45)62(4,5)6/h7,9,11,13,16,18-23,25,28,30-33,35,37-38,40-41,43-44,47,49,51H,8,10,12,14-15,17,24,26-27,29,34,36,39H2,1-6H3. The van der Waals surface area contributed by atoms with Gasteiger partial charge in [0.1, 0.15) is 0 Å². The highest BCUT2D eigenvalue weighted by atomic mass is 15.3. The topological polar surface area (TPSA) is 16.2 Å². The first-order valence-corrected chi connectivity index (χ1v) is 26.0. The van der Waals surface area contributed by atoms with Crippen LogP contribution in [0.2, 0.25) is 0 Å². The number of hydrogen-bond donors (Lipinski definition) is 0. The largest absolute Gasteiger partial charge is 0.337 e. The Morgan fingerprint density at radius 1 is 0.507 bits per heavy atom. The molecule has 5 nitrogen and oxygen atoms in total. The molecule has 0 spiro atoms. The van der Waals surface area contributed by atoms with Crippen molar-refractivity contribution < 1.29 is 0 Å². The van der Waals surface area contributed by atoms with E-state index >= 15 is 0 Å². The first-order valence-electron chi connectivity index (χ1n) is 26.0. The Morgan fingerprint density at radius 3 is 1.73 bits per heavy atom. The molecule has 0 aromatic rings. The van der Waals surface area contributed by atoms with Crippen molar-refractivity contribution >= 4 is 0 Å². The van der Waals surface area contributed by atoms with E-state index in [2.05, 4.69) is 200 Å². The fraction of sp³-hybridized carbons (Fsp3) is 0.419. The summed E-state index contributed by atoms with van der Waals surface area (Å²) in [5.41, 5.74) is 20.2. The fourth-order valence-corrected chi connectivity index (χ4v) is 13.1. The lowest BCUT2D eigenvalue weighted by atomic mass is 9.77. The van der Waals surface area contributed by atoms with Crippen LogP contribution in [0.1, 0.15) is 125 Å². The molecule has 3 aliphatic heterocycles. The van der Waals surface area contributed by atoms with Crippen LogP contribution in [-0.2, 0) is 0 Å². The molecule has 9 aliphatic carbocycles. The van der Waals surface area contributed by atoms with Gasteiger partial charge in [0.05, 0.1) is 40.9 Å². The Balaban J connectivity index is 1.01. The molecule has 5 unspecified atom stereocenters. The zero-order valence-electron chi connectivity index (χ0n) is 41.0. The molecular formula is C62H71N5. The highest BCUT2D eigenvalue weighted by Crippen LogP contribution is 2.52. The number of rotatable bonds is 5. The highest BCUT2D eigenvalue weighted by Gasteiger charge is 2.46. The summed E-state index contributed by atoms with van der Waals surface area (Å²) in [7, 11) is 0. The molecular weight excluding hydrogens is 815 g/mol. The summed E-state index contributed by atoms with van der Waals surface area (Å²) in [6.45, 7) is 14.2. The van der Waals surface area contributed by atoms with Gasteiger partial charge in [0.2, 0.25) is 0 Å². The lowest BCUT2D eigenvalue weighted by Gasteiger charge is -2.51. The third-order valence-corrected chi connectivity index (χ3v) is 16.5. The molecule has 0 saturated carbocycles. The zero-order valence-corrected chi connectivity index (χ0v) is 41.0. The molecule has 0 aromatic heterocycles. The average molecular weight is 886 g/mol. The van der Waals surface area contributed by atoms with E-state index in [1.807, 2.05) is 0 Å². The molecule has 5 atom stereocenters. The van der Waals surface area contributed by atoms with E-state index in [-0.39, 0.29) is 22.9 Å². The molecule has 0 radical (unpaired) electrons. The quantitative estimate of drug-likeness (QED) is 0.273. The zero-order chi connectivity index (χ0) is 45.6. The van der Waals surface area contributed by atoms with Crippen LogP contribution in [0.15, 0.2) is 213 Å². The molecule has 12 aliphatic rings. The lowest BCUT2D eigenvalue weighted by Crippen LogP contribution is -2.47. The van der Waals surface area contributed by atoms with Crippen LogP contribution >= 0.6 is 0 Å². The smallest absolute Gasteiger partial charge is 0.0654 e. The van der Waals surface area contributed by atoms with E-state index in [4.69, 9.17) is 0 Å². The Morgan fingerprint density at radius 2 is 1.12 bits per heavy atom. The van der Waals surface area contributed by atoms with Crippen LogP contribution in [0.3, 0.4) is 0 Å². The van der Waals surface area contributed by atoms with Crippen LogP contribution in [0.4, 0.5) is 0 Å². The van der Waals surface area contributed by atoms with Gasteiger partial charge in [0.25, 0.3) is 0 Å². The summed E-state index contributed by atoms with van der Waals surface area (Å²) >= 11 is 0. The molecule has 3 heterocycles. The van der Waals surface area contributed by atoms with Gasteiger partial charge in [-0.1, -0.05) is 133 Å². The van der Waals surface area contributed by atoms with Gasteiger partial charge >= 0.3 is 0 Å². The third kappa shape index (κ3) is 7.24. The van der Waals surface area contributed by atoms with Crippen molar-refractivity contribution in [3.63, 3.8) is 0 Å². The minimum atomic E-state index is 0.130. The normalized spacial score (nSPS) is 29.9. The summed E-state index contributed by atoms with van der Waals surface area (Å²) in [5.74, 6) is 0.920. The van der Waals surface area contributed by atoms with Crippen LogP contribution in [0, 0.1) is 22.7 Å². The van der Waals surface area contributed by atoms with Crippen molar-refractivity contribution in [2.45, 2.75) is 143 Å². The van der Waals surface area contributed by atoms with E-state index in [1.165, 1.54) is 79.5 Å². The van der Waals surface area contributed by atoms with E-state index in [0.29, 0.717) is 17.9 Å². The van der Waals surface area contributed by atoms with Gasteiger partial charge in [-0.15, -0.1) is 0 Å². The second kappa shape index (κ2) is 16.5. The minimum Gasteiger partial charge on any atom is -0.337 e. The molecule has 0 N–H and O–H groups in total. The van der Waals surface area contributed by atoms with Crippen molar-refractivity contribution in [2.75, 3.05) is 0 Å². The van der Waals surface area contributed by atoms with E-state index < -0.39 is 0 Å². The molecule has 12 rings (SSSR count). The lowest BCUT2D eigenvalue weighted by molar-refractivity contribution is 0.244. The van der Waals surface area contributed by atoms with E-state index in [0.717, 1.165) is 83.5 Å². The Kier molecular flexibility index (Phi) is 10.5. The maximum absolute atomic E-state index is 2.84. The number of allylic oxidation sites excluding steroid dienone is 23. The number of likely N-dealkylation sites (tertiary alicyclic amines) is 1. The predicted molar refractivity (Wildman–Crippen MR) is 276 cm³/mol. The van der Waals surface area contributed by atoms with Gasteiger partial charge in [-0.3, -0.25) is 0 Å². The van der Waals surface area contributed by atoms with Gasteiger partial charge in [0.15, 0.2) is 0 Å². The van der Waals surface area contributed by atoms with Crippen molar-refractivity contribution in [2.24, 2.45) is 22.7 Å². The van der Waals surface area contributed by atoms with Gasteiger partial charge in [-0.2, -0.15) is 0 Å². The predicted octanol–water partition coefficient (Wildman–Crippen LogP) is 14.8. The Labute approximate surface area is 401 Å². The van der Waals surface area contributed by atoms with Crippen LogP contribution in [-0.4, -0.2) is 42.6 Å². The first kappa shape index (κ1) is 42.7. The summed E-state index contributed by atoms with van der Waals surface area (Å²) in [5, 5.41) is 0. The van der Waals surface area contributed by atoms with E-state index in [1.54, 1.807) is 0 Å². The molecule has 1 fully saturated rings. The summed E-state index contributed by atoms with van der Waals surface area (Å²) < 4.78 is 0. The summed E-state index contributed by atoms with van der Waals surface area (Å²) in [4.78, 5) is 13.8. The Bertz CT molecular complexity index is 2730. The molecule has 5 heteroatoms. The van der Waals surface area contributed by atoms with Crippen LogP contribution < -0.4 is 0 Å². The molecule has 344 valence electrons. The van der Waals surface area contributed by atoms with Crippen LogP contribution in [0.5, 0.6) is 0 Å². The maximum Gasteiger partial charge on any atom is 0.0654 e. The van der Waals surface area contributed by atoms with Crippen LogP contribution in [0.25, 0.3) is 0 Å². The molecule has 0 aromatic carbocycles. The first-order chi connectivity index (χ1) is 32.5. The van der Waals surface area contributed by atoms with Gasteiger partial charge in [-0.25, -0.2) is 0 Å². The van der Waals surface area contributed by atoms with Crippen molar-refractivity contribution in [1.29, 1.82) is 0 Å². The second-order valence-electron chi connectivity index (χ2n) is 22.8. The van der Waals surface area contributed by atoms with Gasteiger partial charge < -0.3 is 24.5 Å². The molecule has 67 heavy (non-hydrogen) atoms. The van der Waals surface area contributed by atoms with Gasteiger partial charge in [0, 0.05) is 57.9 Å². The molecule has 0 bridgehead atoms. The third-order valence-electron chi connectivity index (χ3n) is 16.5. The highest BCUT2D eigenvalue weighted by molar-refractivity contribution is 5.56. The maximum atomic E-state index is 2.84. The number of hydrogen-bond acceptors (Lipinski definition) is 5. The van der Waals surface area contributed by atoms with Crippen molar-refractivity contribution in [3.05, 3.63) is 213 Å². The molecule has 1 saturated heterocycles. The van der Waals surface area contributed by atoms with E-state index in [9.17, 15) is 0 Å². The second-order valence-corrected chi connectivity index (χ2v) is 22.8. The fourth-order valence-electron chi connectivity index (χ4n) is 13.1. The Hall–Kier alpha value is -5.68. The summed E-state index contributed by atoms with van der Waals surface area (Å²) in [6, 6.07) is 0.713. The number of fused-ring (bicyclic) bond motifs is 3. The summed E-state index contributed by atoms with van der Waals surface area (Å²) in [6.07, 6.45) is 68.2.